The Balaban J connectivity index is 5.65. The summed E-state index contributed by atoms with van der Waals surface area (Å²) in [6.45, 7) is 1.90. The monoisotopic (exact) mass is 693 g/mol. The molecule has 0 aliphatic rings. The van der Waals surface area contributed by atoms with Gasteiger partial charge in [-0.15, -0.1) is 0 Å². The van der Waals surface area contributed by atoms with Crippen LogP contribution in [0.4, 0.5) is 0 Å². The zero-order chi connectivity index (χ0) is 36.3. The van der Waals surface area contributed by atoms with Gasteiger partial charge in [-0.05, 0) is 26.7 Å². The summed E-state index contributed by atoms with van der Waals surface area (Å²) < 4.78 is 27.3. The molecule has 19 heteroatoms. The first-order chi connectivity index (χ1) is 22.0. The topological polar surface area (TPSA) is 315 Å². The fourth-order valence-corrected chi connectivity index (χ4v) is 4.04. The molecule has 0 aromatic heterocycles. The second kappa shape index (κ2) is 23.7. The SMILES string of the molecule is CCCCO[C@H](OC(CO)[C@H](C)O[C@@H](CO)OC(CO[C@@](O)(CC(O)[C@H](C[C@H](O)[C@H](O)CO)NC(C)=O)C(=O)O)[C@@H](C)O)C(O)CO. The number of rotatable bonds is 28. The number of carbonyl (C=O) groups is 2. The molecule has 0 rings (SSSR count). The molecule has 12 atom stereocenters. The van der Waals surface area contributed by atoms with Crippen LogP contribution in [0.2, 0.25) is 0 Å². The predicted octanol–water partition coefficient (Wildman–Crippen LogP) is -4.50. The molecule has 4 unspecified atom stereocenters. The standard InChI is InChI=1S/C28H55NO18/c1-5-6-7-43-26(22(39)11-31)47-23(12-32)16(3)45-25(13-33)46-24(15(2)34)14-44-28(42,27(40)41)9-20(37)18(29-17(4)35)8-19(36)21(38)10-30/h15-16,18-26,30-34,36-39,42H,5-14H2,1-4H3,(H,29,35)(H,40,41)/t15-,16+,18+,19+,20?,21-,22?,23?,24?,25-,26-,28+/m1/s1. The van der Waals surface area contributed by atoms with Gasteiger partial charge in [0.25, 0.3) is 5.79 Å². The molecule has 0 aliphatic carbocycles. The Morgan fingerprint density at radius 1 is 0.809 bits per heavy atom. The summed E-state index contributed by atoms with van der Waals surface area (Å²) in [6, 6.07) is -1.41. The van der Waals surface area contributed by atoms with Crippen LogP contribution in [-0.4, -0.2) is 181 Å². The first kappa shape index (κ1) is 45.3. The normalized spacial score (nSPS) is 20.5. The molecule has 12 N–H and O–H groups in total. The number of carboxylic acid groups (broad SMARTS) is 1. The minimum absolute atomic E-state index is 0.187. The number of unbranched alkanes of at least 4 members (excludes halogenated alkanes) is 1. The van der Waals surface area contributed by atoms with Crippen molar-refractivity contribution in [3.8, 4) is 0 Å². The van der Waals surface area contributed by atoms with Crippen LogP contribution in [0.5, 0.6) is 0 Å². The van der Waals surface area contributed by atoms with Crippen LogP contribution < -0.4 is 5.32 Å². The number of hydrogen-bond donors (Lipinski definition) is 12. The lowest BCUT2D eigenvalue weighted by Crippen LogP contribution is -2.53. The van der Waals surface area contributed by atoms with Crippen molar-refractivity contribution in [1.29, 1.82) is 0 Å². The molecule has 19 nitrogen and oxygen atoms in total. The maximum atomic E-state index is 12.0. The van der Waals surface area contributed by atoms with Gasteiger partial charge in [-0.25, -0.2) is 4.79 Å². The van der Waals surface area contributed by atoms with Gasteiger partial charge in [0.1, 0.15) is 24.4 Å². The highest BCUT2D eigenvalue weighted by Crippen LogP contribution is 2.22. The lowest BCUT2D eigenvalue weighted by Gasteiger charge is -2.34. The summed E-state index contributed by atoms with van der Waals surface area (Å²) in [7, 11) is 0. The molecule has 47 heavy (non-hydrogen) atoms. The molecule has 0 spiro atoms. The van der Waals surface area contributed by atoms with Crippen molar-refractivity contribution in [2.75, 3.05) is 39.6 Å². The first-order valence-electron chi connectivity index (χ1n) is 15.3. The Morgan fingerprint density at radius 3 is 1.89 bits per heavy atom. The van der Waals surface area contributed by atoms with Crippen molar-refractivity contribution < 1.29 is 89.4 Å². The zero-order valence-corrected chi connectivity index (χ0v) is 27.2. The van der Waals surface area contributed by atoms with E-state index in [4.69, 9.17) is 28.8 Å². The number of aliphatic hydroxyl groups excluding tert-OH is 9. The highest BCUT2D eigenvalue weighted by Gasteiger charge is 2.43. The van der Waals surface area contributed by atoms with Crippen molar-refractivity contribution >= 4 is 11.9 Å². The smallest absolute Gasteiger partial charge is 0.364 e. The molecule has 0 aliphatic heterocycles. The summed E-state index contributed by atoms with van der Waals surface area (Å²) in [5.74, 6) is -5.83. The van der Waals surface area contributed by atoms with Crippen LogP contribution in [0.3, 0.4) is 0 Å². The van der Waals surface area contributed by atoms with Crippen molar-refractivity contribution in [2.45, 2.75) is 127 Å². The Labute approximate surface area is 273 Å². The molecule has 0 aromatic carbocycles. The van der Waals surface area contributed by atoms with Crippen LogP contribution >= 0.6 is 0 Å². The van der Waals surface area contributed by atoms with E-state index in [0.717, 1.165) is 13.3 Å². The minimum atomic E-state index is -3.15. The van der Waals surface area contributed by atoms with E-state index in [9.17, 15) is 60.7 Å². The van der Waals surface area contributed by atoms with E-state index in [1.165, 1.54) is 13.8 Å². The van der Waals surface area contributed by atoms with Crippen LogP contribution in [0.1, 0.15) is 53.4 Å². The number of hydrogen-bond acceptors (Lipinski definition) is 17. The maximum Gasteiger partial charge on any atom is 0.364 e. The zero-order valence-electron chi connectivity index (χ0n) is 27.2. The van der Waals surface area contributed by atoms with Gasteiger partial charge in [0.05, 0.1) is 63.5 Å². The van der Waals surface area contributed by atoms with Gasteiger partial charge in [0.2, 0.25) is 5.91 Å². The third kappa shape index (κ3) is 17.0. The Bertz CT molecular complexity index is 854. The largest absolute Gasteiger partial charge is 0.477 e. The van der Waals surface area contributed by atoms with Crippen molar-refractivity contribution in [1.82, 2.24) is 5.32 Å². The number of aliphatic hydroxyl groups is 10. The van der Waals surface area contributed by atoms with Crippen LogP contribution in [0.15, 0.2) is 0 Å². The van der Waals surface area contributed by atoms with E-state index in [1.807, 2.05) is 6.92 Å². The van der Waals surface area contributed by atoms with Gasteiger partial charge in [-0.2, -0.15) is 0 Å². The summed E-state index contributed by atoms with van der Waals surface area (Å²) >= 11 is 0. The molecule has 1 amide bonds. The molecule has 0 heterocycles. The molecule has 0 aromatic rings. The number of aliphatic carboxylic acids is 1. The third-order valence-electron chi connectivity index (χ3n) is 6.96. The van der Waals surface area contributed by atoms with Gasteiger partial charge >= 0.3 is 5.97 Å². The summed E-state index contributed by atoms with van der Waals surface area (Å²) in [5, 5.41) is 111. The third-order valence-corrected chi connectivity index (χ3v) is 6.96. The van der Waals surface area contributed by atoms with Crippen LogP contribution in [0.25, 0.3) is 0 Å². The lowest BCUT2D eigenvalue weighted by atomic mass is 9.95. The van der Waals surface area contributed by atoms with E-state index < -0.39 is 131 Å². The van der Waals surface area contributed by atoms with E-state index >= 15 is 0 Å². The second-order valence-corrected chi connectivity index (χ2v) is 11.1. The quantitative estimate of drug-likeness (QED) is 0.0271. The number of carboxylic acids is 1. The minimum Gasteiger partial charge on any atom is -0.477 e. The fourth-order valence-electron chi connectivity index (χ4n) is 4.04. The van der Waals surface area contributed by atoms with Crippen LogP contribution in [-0.2, 0) is 33.3 Å². The van der Waals surface area contributed by atoms with Gasteiger partial charge in [-0.3, -0.25) is 4.79 Å². The lowest BCUT2D eigenvalue weighted by molar-refractivity contribution is -0.286. The van der Waals surface area contributed by atoms with Gasteiger partial charge in [-0.1, -0.05) is 13.3 Å². The van der Waals surface area contributed by atoms with Crippen molar-refractivity contribution in [3.05, 3.63) is 0 Å². The van der Waals surface area contributed by atoms with Gasteiger partial charge < -0.3 is 85.2 Å². The molecular formula is C28H55NO18. The van der Waals surface area contributed by atoms with Gasteiger partial charge in [0.15, 0.2) is 12.6 Å². The van der Waals surface area contributed by atoms with E-state index in [0.29, 0.717) is 6.42 Å². The number of ether oxygens (including phenoxy) is 5. The molecule has 0 radical (unpaired) electrons. The molecular weight excluding hydrogens is 638 g/mol. The highest BCUT2D eigenvalue weighted by molar-refractivity contribution is 5.75. The average Bonchev–Trinajstić information content (AvgIpc) is 3.02. The number of amides is 1. The average molecular weight is 694 g/mol. The molecule has 0 saturated carbocycles. The fraction of sp³-hybridized carbons (Fsp3) is 0.929. The van der Waals surface area contributed by atoms with Gasteiger partial charge in [0, 0.05) is 20.0 Å². The van der Waals surface area contributed by atoms with E-state index in [1.54, 1.807) is 0 Å². The molecule has 0 fully saturated rings. The highest BCUT2D eigenvalue weighted by atomic mass is 16.7. The van der Waals surface area contributed by atoms with Crippen molar-refractivity contribution in [2.24, 2.45) is 0 Å². The van der Waals surface area contributed by atoms with E-state index in [2.05, 4.69) is 5.32 Å². The van der Waals surface area contributed by atoms with Crippen LogP contribution in [0, 0.1) is 0 Å². The molecule has 280 valence electrons. The predicted molar refractivity (Wildman–Crippen MR) is 158 cm³/mol. The maximum absolute atomic E-state index is 12.0. The molecule has 0 saturated heterocycles. The number of nitrogens with one attached hydrogen (secondary N) is 1. The number of carbonyl (C=O) groups excluding carboxylic acids is 1. The summed E-state index contributed by atoms with van der Waals surface area (Å²) in [6.07, 6.45) is -14.9. The first-order valence-corrected chi connectivity index (χ1v) is 15.3. The molecule has 0 bridgehead atoms. The summed E-state index contributed by atoms with van der Waals surface area (Å²) in [4.78, 5) is 23.6. The Hall–Kier alpha value is -1.66. The Morgan fingerprint density at radius 2 is 1.43 bits per heavy atom. The summed E-state index contributed by atoms with van der Waals surface area (Å²) in [5.41, 5.74) is 0. The van der Waals surface area contributed by atoms with E-state index in [-0.39, 0.29) is 6.61 Å². The van der Waals surface area contributed by atoms with Crippen molar-refractivity contribution in [3.63, 3.8) is 0 Å². The second-order valence-electron chi connectivity index (χ2n) is 11.1. The Kier molecular flexibility index (Phi) is 22.8.